The number of amides is 1. The molecule has 0 aliphatic rings. The lowest BCUT2D eigenvalue weighted by atomic mass is 10.3. The Balaban J connectivity index is 1.98. The molecule has 0 atom stereocenters. The second-order valence-corrected chi connectivity index (χ2v) is 5.28. The van der Waals surface area contributed by atoms with Gasteiger partial charge >= 0.3 is 0 Å². The number of nitrogens with one attached hydrogen (secondary N) is 2. The molecule has 2 rings (SSSR count). The Bertz CT molecular complexity index is 584. The first kappa shape index (κ1) is 15.3. The standard InChI is InChI=1S/C15H18N4OS/c1-3-8-16-14-10-17-13(9-18-14)15(20)19-11-4-6-12(21-2)7-5-11/h4-7,9-10H,3,8H2,1-2H3,(H,16,18)(H,19,20). The molecular formula is C15H18N4OS. The van der Waals surface area contributed by atoms with Crippen molar-refractivity contribution in [3.05, 3.63) is 42.4 Å². The van der Waals surface area contributed by atoms with Crippen LogP contribution >= 0.6 is 11.8 Å². The average Bonchev–Trinajstić information content (AvgIpc) is 2.54. The van der Waals surface area contributed by atoms with E-state index in [2.05, 4.69) is 27.5 Å². The van der Waals surface area contributed by atoms with E-state index in [0.29, 0.717) is 11.5 Å². The second-order valence-electron chi connectivity index (χ2n) is 4.40. The molecule has 0 aliphatic carbocycles. The number of carbonyl (C=O) groups is 1. The molecule has 1 heterocycles. The number of hydrogen-bond donors (Lipinski definition) is 2. The van der Waals surface area contributed by atoms with E-state index < -0.39 is 0 Å². The third-order valence-corrected chi connectivity index (χ3v) is 3.53. The van der Waals surface area contributed by atoms with Crippen LogP contribution in [0.15, 0.2) is 41.6 Å². The fourth-order valence-electron chi connectivity index (χ4n) is 1.66. The first-order valence-corrected chi connectivity index (χ1v) is 7.96. The summed E-state index contributed by atoms with van der Waals surface area (Å²) >= 11 is 1.66. The Morgan fingerprint density at radius 1 is 1.19 bits per heavy atom. The van der Waals surface area contributed by atoms with E-state index >= 15 is 0 Å². The summed E-state index contributed by atoms with van der Waals surface area (Å²) in [5.74, 6) is 0.416. The van der Waals surface area contributed by atoms with Crippen molar-refractivity contribution in [1.82, 2.24) is 9.97 Å². The number of thioether (sulfide) groups is 1. The lowest BCUT2D eigenvalue weighted by Crippen LogP contribution is -2.14. The summed E-state index contributed by atoms with van der Waals surface area (Å²) in [6.07, 6.45) is 6.07. The largest absolute Gasteiger partial charge is 0.369 e. The average molecular weight is 302 g/mol. The van der Waals surface area contributed by atoms with Crippen LogP contribution in [-0.2, 0) is 0 Å². The van der Waals surface area contributed by atoms with E-state index in [0.717, 1.165) is 23.5 Å². The second kappa shape index (κ2) is 7.64. The molecule has 0 saturated carbocycles. The maximum Gasteiger partial charge on any atom is 0.275 e. The third-order valence-electron chi connectivity index (χ3n) is 2.79. The summed E-state index contributed by atoms with van der Waals surface area (Å²) in [4.78, 5) is 21.5. The number of anilines is 2. The molecule has 110 valence electrons. The van der Waals surface area contributed by atoms with Crippen molar-refractivity contribution in [3.63, 3.8) is 0 Å². The van der Waals surface area contributed by atoms with Gasteiger partial charge in [0.25, 0.3) is 5.91 Å². The van der Waals surface area contributed by atoms with Crippen LogP contribution in [0.25, 0.3) is 0 Å². The summed E-state index contributed by atoms with van der Waals surface area (Å²) in [6, 6.07) is 7.66. The van der Waals surface area contributed by atoms with Gasteiger partial charge in [-0.3, -0.25) is 4.79 Å². The molecule has 2 aromatic rings. The predicted molar refractivity (Wildman–Crippen MR) is 87.0 cm³/mol. The van der Waals surface area contributed by atoms with Gasteiger partial charge in [0.15, 0.2) is 0 Å². The molecule has 0 aliphatic heterocycles. The number of hydrogen-bond acceptors (Lipinski definition) is 5. The molecule has 21 heavy (non-hydrogen) atoms. The van der Waals surface area contributed by atoms with Crippen LogP contribution in [0.3, 0.4) is 0 Å². The lowest BCUT2D eigenvalue weighted by molar-refractivity contribution is 0.102. The number of nitrogens with zero attached hydrogens (tertiary/aromatic N) is 2. The molecule has 0 radical (unpaired) electrons. The SMILES string of the molecule is CCCNc1cnc(C(=O)Nc2ccc(SC)cc2)cn1. The summed E-state index contributed by atoms with van der Waals surface area (Å²) in [5.41, 5.74) is 1.04. The van der Waals surface area contributed by atoms with Gasteiger partial charge in [-0.05, 0) is 36.9 Å². The molecule has 1 aromatic carbocycles. The highest BCUT2D eigenvalue weighted by Gasteiger charge is 2.08. The van der Waals surface area contributed by atoms with Crippen LogP contribution in [0.2, 0.25) is 0 Å². The molecule has 1 aromatic heterocycles. The van der Waals surface area contributed by atoms with Crippen molar-refractivity contribution in [2.75, 3.05) is 23.4 Å². The third kappa shape index (κ3) is 4.46. The first-order chi connectivity index (χ1) is 10.2. The molecular weight excluding hydrogens is 284 g/mol. The highest BCUT2D eigenvalue weighted by Crippen LogP contribution is 2.17. The van der Waals surface area contributed by atoms with Crippen molar-refractivity contribution in [2.24, 2.45) is 0 Å². The fraction of sp³-hybridized carbons (Fsp3) is 0.267. The van der Waals surface area contributed by atoms with Crippen LogP contribution in [0.1, 0.15) is 23.8 Å². The van der Waals surface area contributed by atoms with Gasteiger partial charge in [0.05, 0.1) is 12.4 Å². The van der Waals surface area contributed by atoms with E-state index in [9.17, 15) is 4.79 Å². The van der Waals surface area contributed by atoms with Gasteiger partial charge in [0.2, 0.25) is 0 Å². The quantitative estimate of drug-likeness (QED) is 0.802. The summed E-state index contributed by atoms with van der Waals surface area (Å²) in [5, 5.41) is 5.92. The molecule has 0 saturated heterocycles. The van der Waals surface area contributed by atoms with Crippen molar-refractivity contribution in [3.8, 4) is 0 Å². The van der Waals surface area contributed by atoms with Crippen molar-refractivity contribution >= 4 is 29.2 Å². The highest BCUT2D eigenvalue weighted by atomic mass is 32.2. The van der Waals surface area contributed by atoms with Crippen LogP contribution < -0.4 is 10.6 Å². The van der Waals surface area contributed by atoms with Gasteiger partial charge in [-0.2, -0.15) is 0 Å². The van der Waals surface area contributed by atoms with E-state index in [1.807, 2.05) is 30.5 Å². The topological polar surface area (TPSA) is 66.9 Å². The maximum atomic E-state index is 12.1. The van der Waals surface area contributed by atoms with Gasteiger partial charge < -0.3 is 10.6 Å². The van der Waals surface area contributed by atoms with Crippen LogP contribution in [0.5, 0.6) is 0 Å². The van der Waals surface area contributed by atoms with Crippen molar-refractivity contribution in [1.29, 1.82) is 0 Å². The Morgan fingerprint density at radius 3 is 2.52 bits per heavy atom. The van der Waals surface area contributed by atoms with Crippen LogP contribution in [-0.4, -0.2) is 28.7 Å². The van der Waals surface area contributed by atoms with Gasteiger partial charge in [-0.25, -0.2) is 9.97 Å². The molecule has 5 nitrogen and oxygen atoms in total. The van der Waals surface area contributed by atoms with E-state index in [1.165, 1.54) is 6.20 Å². The van der Waals surface area contributed by atoms with Crippen LogP contribution in [0, 0.1) is 0 Å². The van der Waals surface area contributed by atoms with Crippen molar-refractivity contribution in [2.45, 2.75) is 18.2 Å². The summed E-state index contributed by atoms with van der Waals surface area (Å²) < 4.78 is 0. The zero-order valence-electron chi connectivity index (χ0n) is 12.1. The molecule has 2 N–H and O–H groups in total. The Hall–Kier alpha value is -2.08. The number of rotatable bonds is 6. The maximum absolute atomic E-state index is 12.1. The van der Waals surface area contributed by atoms with Crippen molar-refractivity contribution < 1.29 is 4.79 Å². The number of aromatic nitrogens is 2. The minimum Gasteiger partial charge on any atom is -0.369 e. The molecule has 6 heteroatoms. The number of carbonyl (C=O) groups excluding carboxylic acids is 1. The zero-order chi connectivity index (χ0) is 15.1. The summed E-state index contributed by atoms with van der Waals surface area (Å²) in [7, 11) is 0. The predicted octanol–water partition coefficient (Wildman–Crippen LogP) is 3.27. The smallest absolute Gasteiger partial charge is 0.275 e. The summed E-state index contributed by atoms with van der Waals surface area (Å²) in [6.45, 7) is 2.91. The molecule has 0 spiro atoms. The monoisotopic (exact) mass is 302 g/mol. The van der Waals surface area contributed by atoms with Gasteiger partial charge in [0, 0.05) is 17.1 Å². The van der Waals surface area contributed by atoms with E-state index in [1.54, 1.807) is 18.0 Å². The van der Waals surface area contributed by atoms with Crippen LogP contribution in [0.4, 0.5) is 11.5 Å². The van der Waals surface area contributed by atoms with E-state index in [4.69, 9.17) is 0 Å². The Labute approximate surface area is 128 Å². The zero-order valence-corrected chi connectivity index (χ0v) is 12.9. The van der Waals surface area contributed by atoms with Gasteiger partial charge in [-0.1, -0.05) is 6.92 Å². The number of benzene rings is 1. The minimum absolute atomic E-state index is 0.263. The minimum atomic E-state index is -0.263. The van der Waals surface area contributed by atoms with E-state index in [-0.39, 0.29) is 5.91 Å². The Kier molecular flexibility index (Phi) is 5.57. The normalized spacial score (nSPS) is 10.2. The fourth-order valence-corrected chi connectivity index (χ4v) is 2.07. The highest BCUT2D eigenvalue weighted by molar-refractivity contribution is 7.98. The molecule has 0 bridgehead atoms. The molecule has 0 fully saturated rings. The molecule has 1 amide bonds. The molecule has 0 unspecified atom stereocenters. The van der Waals surface area contributed by atoms with Gasteiger partial charge in [0.1, 0.15) is 11.5 Å². The van der Waals surface area contributed by atoms with Gasteiger partial charge in [-0.15, -0.1) is 11.8 Å². The first-order valence-electron chi connectivity index (χ1n) is 6.74. The lowest BCUT2D eigenvalue weighted by Gasteiger charge is -2.06. The Morgan fingerprint density at radius 2 is 1.95 bits per heavy atom.